The van der Waals surface area contributed by atoms with Crippen molar-refractivity contribution in [1.82, 2.24) is 15.3 Å². The molecule has 1 saturated heterocycles. The predicted molar refractivity (Wildman–Crippen MR) is 154 cm³/mol. The number of nitriles is 1. The summed E-state index contributed by atoms with van der Waals surface area (Å²) in [5.41, 5.74) is 8.52. The van der Waals surface area contributed by atoms with Crippen molar-refractivity contribution in [3.05, 3.63) is 69.1 Å². The van der Waals surface area contributed by atoms with E-state index in [1.165, 1.54) is 19.5 Å². The topological polar surface area (TPSA) is 133 Å². The highest BCUT2D eigenvalue weighted by Crippen LogP contribution is 2.36. The lowest BCUT2D eigenvalue weighted by Gasteiger charge is -2.49. The molecule has 2 aromatic heterocycles. The Balaban J connectivity index is 1.56. The van der Waals surface area contributed by atoms with E-state index >= 15 is 0 Å². The molecule has 9 nitrogen and oxygen atoms in total. The van der Waals surface area contributed by atoms with E-state index in [4.69, 9.17) is 43.8 Å². The summed E-state index contributed by atoms with van der Waals surface area (Å²) < 4.78 is 11.4. The number of rotatable bonds is 10. The Morgan fingerprint density at radius 1 is 1.21 bits per heavy atom. The second-order valence-corrected chi connectivity index (χ2v) is 11.0. The van der Waals surface area contributed by atoms with E-state index in [1.54, 1.807) is 24.4 Å². The SMILES string of the molecule is COc1cc(N)c(C(=N)c2cnc(N3CC(C)(NCC(C)C)C3)c(C#N)c2)cc1OCc1c(Cl)cncc1Cl. The number of benzene rings is 1. The van der Waals surface area contributed by atoms with E-state index < -0.39 is 0 Å². The minimum atomic E-state index is -0.0251. The standard InChI is InChI=1S/C28H31Cl2N7O2/c1-16(2)9-36-28(3)14-37(15-28)27-17(8-31)5-18(10-35-27)26(33)19-6-25(24(38-4)7-23(19)32)39-13-20-21(29)11-34-12-22(20)30/h5-7,10-12,16,33,36H,9,13-15,32H2,1-4H3. The lowest BCUT2D eigenvalue weighted by molar-refractivity contribution is 0.269. The zero-order valence-electron chi connectivity index (χ0n) is 22.3. The Hall–Kier alpha value is -3.58. The maximum Gasteiger partial charge on any atom is 0.162 e. The second kappa shape index (κ2) is 11.7. The number of nitrogen functional groups attached to an aromatic ring is 1. The maximum absolute atomic E-state index is 9.87. The van der Waals surface area contributed by atoms with Gasteiger partial charge in [-0.3, -0.25) is 10.4 Å². The van der Waals surface area contributed by atoms with Gasteiger partial charge in [0.1, 0.15) is 18.5 Å². The van der Waals surface area contributed by atoms with E-state index in [-0.39, 0.29) is 17.9 Å². The molecule has 4 N–H and O–H groups in total. The molecule has 4 rings (SSSR count). The van der Waals surface area contributed by atoms with Gasteiger partial charge in [-0.25, -0.2) is 4.98 Å². The first kappa shape index (κ1) is 28.4. The van der Waals surface area contributed by atoms with Crippen molar-refractivity contribution in [2.24, 2.45) is 5.92 Å². The summed E-state index contributed by atoms with van der Waals surface area (Å²) in [6.07, 6.45) is 4.57. The van der Waals surface area contributed by atoms with Crippen molar-refractivity contribution in [2.45, 2.75) is 32.9 Å². The molecule has 1 aliphatic rings. The Labute approximate surface area is 238 Å². The average molecular weight is 569 g/mol. The van der Waals surface area contributed by atoms with Crippen LogP contribution in [0, 0.1) is 22.7 Å². The minimum absolute atomic E-state index is 0.0251. The summed E-state index contributed by atoms with van der Waals surface area (Å²) in [6, 6.07) is 7.12. The molecule has 0 bridgehead atoms. The number of halogens is 2. The normalized spacial score (nSPS) is 14.1. The molecule has 0 saturated carbocycles. The molecule has 0 radical (unpaired) electrons. The van der Waals surface area contributed by atoms with Crippen LogP contribution in [-0.4, -0.2) is 48.0 Å². The van der Waals surface area contributed by atoms with E-state index in [9.17, 15) is 5.26 Å². The van der Waals surface area contributed by atoms with Crippen molar-refractivity contribution in [3.8, 4) is 17.6 Å². The number of ether oxygens (including phenoxy) is 2. The van der Waals surface area contributed by atoms with Crippen LogP contribution in [0.2, 0.25) is 10.0 Å². The van der Waals surface area contributed by atoms with Crippen LogP contribution in [0.1, 0.15) is 43.0 Å². The van der Waals surface area contributed by atoms with Crippen LogP contribution in [0.15, 0.2) is 36.8 Å². The molecule has 0 spiro atoms. The predicted octanol–water partition coefficient (Wildman–Crippen LogP) is 5.07. The molecule has 1 aliphatic heterocycles. The molecule has 1 fully saturated rings. The smallest absolute Gasteiger partial charge is 0.162 e. The van der Waals surface area contributed by atoms with E-state index in [1.807, 2.05) is 0 Å². The molecule has 0 unspecified atom stereocenters. The van der Waals surface area contributed by atoms with Gasteiger partial charge in [-0.15, -0.1) is 0 Å². The van der Waals surface area contributed by atoms with Gasteiger partial charge in [-0.05, 0) is 31.5 Å². The molecular weight excluding hydrogens is 537 g/mol. The fraction of sp³-hybridized carbons (Fsp3) is 0.357. The van der Waals surface area contributed by atoms with Crippen LogP contribution in [0.5, 0.6) is 11.5 Å². The molecular formula is C28H31Cl2N7O2. The highest BCUT2D eigenvalue weighted by molar-refractivity contribution is 6.35. The molecule has 11 heteroatoms. The number of hydrogen-bond acceptors (Lipinski definition) is 9. The lowest BCUT2D eigenvalue weighted by atomic mass is 9.91. The van der Waals surface area contributed by atoms with Gasteiger partial charge in [0.25, 0.3) is 0 Å². The van der Waals surface area contributed by atoms with Crippen LogP contribution < -0.4 is 25.4 Å². The maximum atomic E-state index is 9.87. The number of nitrogens with one attached hydrogen (secondary N) is 2. The quantitative estimate of drug-likeness (QED) is 0.228. The van der Waals surface area contributed by atoms with Crippen molar-refractivity contribution >= 4 is 40.4 Å². The largest absolute Gasteiger partial charge is 0.493 e. The fourth-order valence-corrected chi connectivity index (χ4v) is 4.86. The number of nitrogens with zero attached hydrogens (tertiary/aromatic N) is 4. The number of aromatic nitrogens is 2. The fourth-order valence-electron chi connectivity index (χ4n) is 4.38. The summed E-state index contributed by atoms with van der Waals surface area (Å²) in [4.78, 5) is 10.6. The molecule has 0 atom stereocenters. The number of anilines is 2. The molecule has 0 aliphatic carbocycles. The Kier molecular flexibility index (Phi) is 8.50. The molecule has 0 amide bonds. The second-order valence-electron chi connectivity index (χ2n) is 10.2. The van der Waals surface area contributed by atoms with Gasteiger partial charge in [0.2, 0.25) is 0 Å². The van der Waals surface area contributed by atoms with Crippen LogP contribution in [0.3, 0.4) is 0 Å². The van der Waals surface area contributed by atoms with Gasteiger partial charge < -0.3 is 25.4 Å². The van der Waals surface area contributed by atoms with Crippen LogP contribution in [0.25, 0.3) is 0 Å². The summed E-state index contributed by atoms with van der Waals surface area (Å²) in [7, 11) is 1.50. The van der Waals surface area contributed by atoms with Crippen LogP contribution in [-0.2, 0) is 6.61 Å². The Bertz CT molecular complexity index is 1410. The molecule has 1 aromatic carbocycles. The summed E-state index contributed by atoms with van der Waals surface area (Å²) in [5.74, 6) is 1.91. The van der Waals surface area contributed by atoms with Crippen LogP contribution in [0.4, 0.5) is 11.5 Å². The van der Waals surface area contributed by atoms with Crippen molar-refractivity contribution in [3.63, 3.8) is 0 Å². The Morgan fingerprint density at radius 2 is 1.90 bits per heavy atom. The zero-order chi connectivity index (χ0) is 28.3. The summed E-state index contributed by atoms with van der Waals surface area (Å²) in [6.45, 7) is 9.00. The lowest BCUT2D eigenvalue weighted by Crippen LogP contribution is -2.68. The number of hydrogen-bond donors (Lipinski definition) is 3. The van der Waals surface area contributed by atoms with Gasteiger partial charge in [0.15, 0.2) is 11.5 Å². The first-order chi connectivity index (χ1) is 18.5. The first-order valence-electron chi connectivity index (χ1n) is 12.4. The van der Waals surface area contributed by atoms with Crippen molar-refractivity contribution in [2.75, 3.05) is 37.4 Å². The third-order valence-electron chi connectivity index (χ3n) is 6.52. The first-order valence-corrected chi connectivity index (χ1v) is 13.2. The summed E-state index contributed by atoms with van der Waals surface area (Å²) >= 11 is 12.5. The number of pyridine rings is 2. The van der Waals surface area contributed by atoms with Gasteiger partial charge in [0, 0.05) is 60.1 Å². The minimum Gasteiger partial charge on any atom is -0.493 e. The highest BCUT2D eigenvalue weighted by Gasteiger charge is 2.40. The van der Waals surface area contributed by atoms with E-state index in [2.05, 4.69) is 47.0 Å². The average Bonchev–Trinajstić information content (AvgIpc) is 2.89. The third kappa shape index (κ3) is 6.19. The Morgan fingerprint density at radius 3 is 2.51 bits per heavy atom. The number of nitrogens with two attached hydrogens (primary N) is 1. The van der Waals surface area contributed by atoms with Crippen LogP contribution >= 0.6 is 23.2 Å². The van der Waals surface area contributed by atoms with Crippen molar-refractivity contribution < 1.29 is 9.47 Å². The van der Waals surface area contributed by atoms with Gasteiger partial charge >= 0.3 is 0 Å². The van der Waals surface area contributed by atoms with Gasteiger partial charge in [-0.1, -0.05) is 37.0 Å². The third-order valence-corrected chi connectivity index (χ3v) is 7.17. The summed E-state index contributed by atoms with van der Waals surface area (Å²) in [5, 5.41) is 23.1. The highest BCUT2D eigenvalue weighted by atomic mass is 35.5. The van der Waals surface area contributed by atoms with Gasteiger partial charge in [-0.2, -0.15) is 5.26 Å². The van der Waals surface area contributed by atoms with Gasteiger partial charge in [0.05, 0.1) is 34.0 Å². The zero-order valence-corrected chi connectivity index (χ0v) is 23.8. The molecule has 39 heavy (non-hydrogen) atoms. The monoisotopic (exact) mass is 567 g/mol. The molecule has 3 heterocycles. The molecule has 3 aromatic rings. The van der Waals surface area contributed by atoms with E-state index in [0.717, 1.165) is 19.6 Å². The molecule has 204 valence electrons. The van der Waals surface area contributed by atoms with Crippen molar-refractivity contribution in [1.29, 1.82) is 10.7 Å². The van der Waals surface area contributed by atoms with E-state index in [0.29, 0.717) is 61.2 Å². The number of methoxy groups -OCH3 is 1.